The smallest absolute Gasteiger partial charge is 0.272 e. The molecule has 0 aliphatic heterocycles. The summed E-state index contributed by atoms with van der Waals surface area (Å²) in [4.78, 5) is 43.3. The van der Waals surface area contributed by atoms with Crippen molar-refractivity contribution in [3.05, 3.63) is 112 Å². The van der Waals surface area contributed by atoms with Gasteiger partial charge in [0.25, 0.3) is 11.8 Å². The Morgan fingerprint density at radius 1 is 0.974 bits per heavy atom. The number of aryl methyl sites for hydroxylation is 1. The molecule has 4 rings (SSSR count). The van der Waals surface area contributed by atoms with Crippen molar-refractivity contribution in [2.24, 2.45) is 0 Å². The van der Waals surface area contributed by atoms with Gasteiger partial charge < -0.3 is 16.0 Å². The van der Waals surface area contributed by atoms with E-state index in [1.54, 1.807) is 78.9 Å². The molecule has 1 aromatic heterocycles. The molecule has 0 atom stereocenters. The van der Waals surface area contributed by atoms with Crippen LogP contribution in [0.2, 0.25) is 5.02 Å². The van der Waals surface area contributed by atoms with Crippen LogP contribution in [0.5, 0.6) is 0 Å². The Morgan fingerprint density at radius 2 is 1.76 bits per heavy atom. The molecule has 0 radical (unpaired) electrons. The lowest BCUT2D eigenvalue weighted by Gasteiger charge is -2.12. The first-order valence-electron chi connectivity index (χ1n) is 11.5. The van der Waals surface area contributed by atoms with Crippen LogP contribution in [0.25, 0.3) is 6.08 Å². The number of amides is 3. The van der Waals surface area contributed by atoms with Gasteiger partial charge in [-0.25, -0.2) is 4.98 Å². The van der Waals surface area contributed by atoms with E-state index in [1.165, 1.54) is 23.1 Å². The highest BCUT2D eigenvalue weighted by Gasteiger charge is 2.16. The number of anilines is 2. The van der Waals surface area contributed by atoms with Crippen LogP contribution >= 0.6 is 34.7 Å². The van der Waals surface area contributed by atoms with Crippen molar-refractivity contribution in [3.8, 4) is 0 Å². The number of hydrogen-bond donors (Lipinski definition) is 3. The van der Waals surface area contributed by atoms with Crippen molar-refractivity contribution in [3.63, 3.8) is 0 Å². The Kier molecular flexibility index (Phi) is 9.31. The SMILES string of the molecule is Cc1csc(NC(=O)CSc2cccc(NC(=O)/C(=C/c3cccc(Cl)c3)NC(=O)c3ccccc3)c2)n1. The van der Waals surface area contributed by atoms with Gasteiger partial charge in [-0.15, -0.1) is 23.1 Å². The maximum atomic E-state index is 13.2. The molecule has 3 amide bonds. The van der Waals surface area contributed by atoms with Crippen LogP contribution in [0.1, 0.15) is 21.6 Å². The summed E-state index contributed by atoms with van der Waals surface area (Å²) in [5.74, 6) is -0.912. The van der Waals surface area contributed by atoms with Crippen molar-refractivity contribution in [2.75, 3.05) is 16.4 Å². The van der Waals surface area contributed by atoms with Crippen LogP contribution < -0.4 is 16.0 Å². The summed E-state index contributed by atoms with van der Waals surface area (Å²) in [6, 6.07) is 22.7. The van der Waals surface area contributed by atoms with Crippen molar-refractivity contribution in [1.82, 2.24) is 10.3 Å². The first kappa shape index (κ1) is 27.1. The first-order chi connectivity index (χ1) is 18.4. The highest BCUT2D eigenvalue weighted by molar-refractivity contribution is 8.00. The lowest BCUT2D eigenvalue weighted by Crippen LogP contribution is -2.30. The molecule has 192 valence electrons. The molecule has 0 saturated heterocycles. The van der Waals surface area contributed by atoms with E-state index in [-0.39, 0.29) is 17.4 Å². The van der Waals surface area contributed by atoms with Crippen LogP contribution in [-0.2, 0) is 9.59 Å². The molecule has 0 bridgehead atoms. The molecule has 0 saturated carbocycles. The van der Waals surface area contributed by atoms with Crippen molar-refractivity contribution in [2.45, 2.75) is 11.8 Å². The Morgan fingerprint density at radius 3 is 2.50 bits per heavy atom. The number of thiazole rings is 1. The highest BCUT2D eigenvalue weighted by Crippen LogP contribution is 2.23. The Bertz CT molecular complexity index is 1490. The van der Waals surface area contributed by atoms with Crippen molar-refractivity contribution < 1.29 is 14.4 Å². The van der Waals surface area contributed by atoms with Gasteiger partial charge in [0.15, 0.2) is 5.13 Å². The van der Waals surface area contributed by atoms with Gasteiger partial charge in [0.1, 0.15) is 5.70 Å². The summed E-state index contributed by atoms with van der Waals surface area (Å²) < 4.78 is 0. The van der Waals surface area contributed by atoms with Gasteiger partial charge in [0.2, 0.25) is 5.91 Å². The zero-order valence-corrected chi connectivity index (χ0v) is 22.6. The average molecular weight is 563 g/mol. The first-order valence-corrected chi connectivity index (χ1v) is 13.7. The summed E-state index contributed by atoms with van der Waals surface area (Å²) in [5, 5.41) is 11.2. The van der Waals surface area contributed by atoms with Crippen LogP contribution in [0.4, 0.5) is 10.8 Å². The second kappa shape index (κ2) is 13.0. The van der Waals surface area contributed by atoms with Gasteiger partial charge in [-0.2, -0.15) is 0 Å². The number of thioether (sulfide) groups is 1. The molecule has 4 aromatic rings. The number of rotatable bonds is 9. The molecular formula is C28H23ClN4O3S2. The van der Waals surface area contributed by atoms with E-state index >= 15 is 0 Å². The fraction of sp³-hybridized carbons (Fsp3) is 0.0714. The minimum atomic E-state index is -0.506. The van der Waals surface area contributed by atoms with Gasteiger partial charge in [-0.05, 0) is 61.0 Å². The summed E-state index contributed by atoms with van der Waals surface area (Å²) >= 11 is 8.81. The second-order valence-corrected chi connectivity index (χ2v) is 10.4. The summed E-state index contributed by atoms with van der Waals surface area (Å²) in [6.07, 6.45) is 1.56. The van der Waals surface area contributed by atoms with E-state index in [2.05, 4.69) is 20.9 Å². The number of carbonyl (C=O) groups is 3. The standard InChI is InChI=1S/C28H23ClN4O3S2/c1-18-16-38-28(30-18)33-25(34)17-37-23-12-6-11-22(15-23)31-27(36)24(14-19-7-5-10-21(29)13-19)32-26(35)20-8-3-2-4-9-20/h2-16H,17H2,1H3,(H,31,36)(H,32,35)(H,30,33,34)/b24-14-. The van der Waals surface area contributed by atoms with Gasteiger partial charge in [0.05, 0.1) is 11.4 Å². The predicted octanol–water partition coefficient (Wildman–Crippen LogP) is 6.25. The van der Waals surface area contributed by atoms with Crippen LogP contribution in [0, 0.1) is 6.92 Å². The van der Waals surface area contributed by atoms with Crippen LogP contribution in [0.3, 0.4) is 0 Å². The summed E-state index contributed by atoms with van der Waals surface area (Å²) in [6.45, 7) is 1.86. The molecule has 0 unspecified atom stereocenters. The van der Waals surface area contributed by atoms with Gasteiger partial charge >= 0.3 is 0 Å². The monoisotopic (exact) mass is 562 g/mol. The minimum absolute atomic E-state index is 0.0531. The molecule has 3 N–H and O–H groups in total. The molecule has 1 heterocycles. The third-order valence-electron chi connectivity index (χ3n) is 5.02. The largest absolute Gasteiger partial charge is 0.321 e. The predicted molar refractivity (Wildman–Crippen MR) is 155 cm³/mol. The number of aromatic nitrogens is 1. The third-order valence-corrected chi connectivity index (χ3v) is 7.12. The topological polar surface area (TPSA) is 100 Å². The van der Waals surface area contributed by atoms with Crippen molar-refractivity contribution in [1.29, 1.82) is 0 Å². The van der Waals surface area contributed by atoms with Gasteiger partial charge in [-0.1, -0.05) is 48.0 Å². The average Bonchev–Trinajstić information content (AvgIpc) is 3.32. The van der Waals surface area contributed by atoms with E-state index in [0.29, 0.717) is 27.0 Å². The maximum Gasteiger partial charge on any atom is 0.272 e. The Labute approximate surface area is 233 Å². The number of halogens is 1. The molecule has 7 nitrogen and oxygen atoms in total. The van der Waals surface area contributed by atoms with E-state index in [9.17, 15) is 14.4 Å². The molecule has 0 aliphatic carbocycles. The van der Waals surface area contributed by atoms with E-state index < -0.39 is 11.8 Å². The number of carbonyl (C=O) groups excluding carboxylic acids is 3. The molecule has 0 spiro atoms. The lowest BCUT2D eigenvalue weighted by molar-refractivity contribution is -0.114. The Hall–Kier alpha value is -3.92. The fourth-order valence-electron chi connectivity index (χ4n) is 3.28. The molecule has 3 aromatic carbocycles. The molecule has 10 heteroatoms. The Balaban J connectivity index is 1.45. The zero-order chi connectivity index (χ0) is 26.9. The summed E-state index contributed by atoms with van der Waals surface area (Å²) in [7, 11) is 0. The quantitative estimate of drug-likeness (QED) is 0.165. The zero-order valence-electron chi connectivity index (χ0n) is 20.2. The molecular weight excluding hydrogens is 540 g/mol. The van der Waals surface area contributed by atoms with E-state index in [4.69, 9.17) is 11.6 Å². The molecule has 38 heavy (non-hydrogen) atoms. The summed E-state index contributed by atoms with van der Waals surface area (Å²) in [5.41, 5.74) is 2.49. The number of hydrogen-bond acceptors (Lipinski definition) is 6. The fourth-order valence-corrected chi connectivity index (χ4v) is 4.94. The van der Waals surface area contributed by atoms with E-state index in [0.717, 1.165) is 10.6 Å². The second-order valence-electron chi connectivity index (χ2n) is 8.05. The number of nitrogens with zero attached hydrogens (tertiary/aromatic N) is 1. The van der Waals surface area contributed by atoms with Gasteiger partial charge in [0, 0.05) is 26.5 Å². The van der Waals surface area contributed by atoms with Crippen LogP contribution in [-0.4, -0.2) is 28.5 Å². The van der Waals surface area contributed by atoms with E-state index in [1.807, 2.05) is 18.4 Å². The normalized spacial score (nSPS) is 11.1. The number of benzene rings is 3. The minimum Gasteiger partial charge on any atom is -0.321 e. The lowest BCUT2D eigenvalue weighted by atomic mass is 10.1. The molecule has 0 fully saturated rings. The maximum absolute atomic E-state index is 13.2. The highest BCUT2D eigenvalue weighted by atomic mass is 35.5. The third kappa shape index (κ3) is 8.04. The van der Waals surface area contributed by atoms with Crippen molar-refractivity contribution >= 4 is 69.3 Å². The molecule has 0 aliphatic rings. The van der Waals surface area contributed by atoms with Crippen LogP contribution in [0.15, 0.2) is 94.8 Å². The van der Waals surface area contributed by atoms with Gasteiger partial charge in [-0.3, -0.25) is 14.4 Å². The number of nitrogens with one attached hydrogen (secondary N) is 3.